The van der Waals surface area contributed by atoms with Crippen LogP contribution in [-0.2, 0) is 55.5 Å². The van der Waals surface area contributed by atoms with Crippen molar-refractivity contribution in [1.82, 2.24) is 0 Å². The van der Waals surface area contributed by atoms with Gasteiger partial charge in [0.25, 0.3) is 5.79 Å². The van der Waals surface area contributed by atoms with Gasteiger partial charge in [0.05, 0.1) is 71.3 Å². The van der Waals surface area contributed by atoms with Gasteiger partial charge < -0.3 is 14.6 Å². The highest BCUT2D eigenvalue weighted by Crippen LogP contribution is 2.25. The summed E-state index contributed by atoms with van der Waals surface area (Å²) in [5.41, 5.74) is 0.114. The van der Waals surface area contributed by atoms with Crippen LogP contribution in [0.4, 0.5) is 0 Å². The zero-order chi connectivity index (χ0) is 42.2. The number of ether oxygens (including phenoxy) is 2. The summed E-state index contributed by atoms with van der Waals surface area (Å²) in [7, 11) is 0. The molecule has 0 bridgehead atoms. The molecule has 1 aromatic carbocycles. The predicted molar refractivity (Wildman–Crippen MR) is 194 cm³/mol. The number of hydrogen-bond acceptors (Lipinski definition) is 3. The smallest absolute Gasteiger partial charge is 0.334 e. The SMILES string of the molecule is [CH2]C(CCCCCCCC)(OC=C(C)C(=O)O)Oc1ccccc1.[CH2]C[O].[CH2]C[O].[CH2]C[O].[CH2]C[O].[CH2]C[O].[CH2]C[O].[CH2]C[O].[CH2]C[O].[CH2]C[O]. The Kier molecular flexibility index (Phi) is 106. The van der Waals surface area contributed by atoms with Crippen molar-refractivity contribution in [1.29, 1.82) is 0 Å². The molecule has 1 unspecified atom stereocenters. The van der Waals surface area contributed by atoms with E-state index >= 15 is 0 Å². The Labute approximate surface area is 312 Å². The Morgan fingerprint density at radius 1 is 0.608 bits per heavy atom. The molecular formula is C38H65O13. The summed E-state index contributed by atoms with van der Waals surface area (Å²) in [6.45, 7) is 31.8. The Bertz CT molecular complexity index is 636. The molecule has 0 saturated carbocycles. The quantitative estimate of drug-likeness (QED) is 0.0989. The molecule has 0 aliphatic carbocycles. The third kappa shape index (κ3) is 113. The van der Waals surface area contributed by atoms with E-state index in [1.807, 2.05) is 30.3 Å². The highest BCUT2D eigenvalue weighted by Gasteiger charge is 2.27. The number of para-hydroxylation sites is 1. The summed E-state index contributed by atoms with van der Waals surface area (Å²) in [5.74, 6) is -1.49. The van der Waals surface area contributed by atoms with Gasteiger partial charge in [-0.25, -0.2) is 50.8 Å². The number of carboxylic acid groups (broad SMARTS) is 1. The van der Waals surface area contributed by atoms with Crippen LogP contribution in [-0.4, -0.2) is 76.3 Å². The normalized spacial score (nSPS) is 9.78. The summed E-state index contributed by atoms with van der Waals surface area (Å²) < 4.78 is 11.5. The maximum absolute atomic E-state index is 10.9. The van der Waals surface area contributed by atoms with Gasteiger partial charge in [0.15, 0.2) is 0 Å². The number of hydrogen-bond donors (Lipinski definition) is 1. The van der Waals surface area contributed by atoms with Crippen LogP contribution >= 0.6 is 0 Å². The molecule has 0 fully saturated rings. The number of benzene rings is 1. The summed E-state index contributed by atoms with van der Waals surface area (Å²) in [5, 5.41) is 88.3. The highest BCUT2D eigenvalue weighted by atomic mass is 16.7. The number of carbonyl (C=O) groups is 1. The van der Waals surface area contributed by atoms with Crippen molar-refractivity contribution in [2.24, 2.45) is 0 Å². The van der Waals surface area contributed by atoms with Crippen molar-refractivity contribution in [3.05, 3.63) is 111 Å². The molecule has 13 nitrogen and oxygen atoms in total. The molecule has 0 aliphatic heterocycles. The van der Waals surface area contributed by atoms with Crippen molar-refractivity contribution in [3.8, 4) is 5.75 Å². The van der Waals surface area contributed by atoms with Crippen LogP contribution in [0.25, 0.3) is 0 Å². The summed E-state index contributed by atoms with van der Waals surface area (Å²) in [6, 6.07) is 9.31. The third-order valence-electron chi connectivity index (χ3n) is 3.75. The van der Waals surface area contributed by atoms with E-state index < -0.39 is 11.8 Å². The number of rotatable bonds is 12. The van der Waals surface area contributed by atoms with Crippen LogP contribution in [0.15, 0.2) is 42.2 Å². The molecule has 1 rings (SSSR count). The summed E-state index contributed by atoms with van der Waals surface area (Å²) in [6.07, 6.45) is 8.71. The van der Waals surface area contributed by atoms with Crippen LogP contribution in [0.3, 0.4) is 0 Å². The van der Waals surface area contributed by atoms with E-state index in [4.69, 9.17) is 60.5 Å². The molecule has 0 amide bonds. The first-order valence-electron chi connectivity index (χ1n) is 15.7. The zero-order valence-corrected chi connectivity index (χ0v) is 31.2. The van der Waals surface area contributed by atoms with Gasteiger partial charge in [-0.1, -0.05) is 57.2 Å². The summed E-state index contributed by atoms with van der Waals surface area (Å²) in [4.78, 5) is 10.9. The lowest BCUT2D eigenvalue weighted by atomic mass is 10.1. The van der Waals surface area contributed by atoms with Crippen LogP contribution in [0, 0.1) is 69.2 Å². The lowest BCUT2D eigenvalue weighted by molar-refractivity contribution is -0.134. The lowest BCUT2D eigenvalue weighted by Crippen LogP contribution is -2.34. The fourth-order valence-corrected chi connectivity index (χ4v) is 2.26. The van der Waals surface area contributed by atoms with E-state index in [1.165, 1.54) is 38.9 Å². The molecule has 1 aromatic rings. The van der Waals surface area contributed by atoms with E-state index in [2.05, 4.69) is 76.2 Å². The van der Waals surface area contributed by atoms with E-state index in [1.54, 1.807) is 0 Å². The summed E-state index contributed by atoms with van der Waals surface area (Å²) >= 11 is 0. The van der Waals surface area contributed by atoms with Crippen molar-refractivity contribution >= 4 is 5.97 Å². The van der Waals surface area contributed by atoms with E-state index in [9.17, 15) is 4.79 Å². The minimum absolute atomic E-state index is 0.114. The van der Waals surface area contributed by atoms with Crippen molar-refractivity contribution < 1.29 is 65.3 Å². The first-order chi connectivity index (χ1) is 24.2. The molecule has 0 aromatic heterocycles. The molecule has 295 valence electrons. The molecular weight excluding hydrogens is 664 g/mol. The molecule has 0 saturated heterocycles. The van der Waals surface area contributed by atoms with Gasteiger partial charge in [-0.15, -0.1) is 0 Å². The average molecular weight is 730 g/mol. The van der Waals surface area contributed by atoms with E-state index in [0.717, 1.165) is 12.8 Å². The van der Waals surface area contributed by atoms with Crippen LogP contribution < -0.4 is 4.74 Å². The molecule has 0 spiro atoms. The fourth-order valence-electron chi connectivity index (χ4n) is 2.26. The van der Waals surface area contributed by atoms with Gasteiger partial charge >= 0.3 is 5.97 Å². The second-order valence-electron chi connectivity index (χ2n) is 7.90. The Morgan fingerprint density at radius 2 is 0.902 bits per heavy atom. The predicted octanol–water partition coefficient (Wildman–Crippen LogP) is 7.61. The average Bonchev–Trinajstić information content (AvgIpc) is 3.06. The van der Waals surface area contributed by atoms with E-state index in [-0.39, 0.29) is 65.0 Å². The van der Waals surface area contributed by atoms with Crippen molar-refractivity contribution in [2.45, 2.75) is 64.6 Å². The molecule has 1 atom stereocenters. The molecule has 0 aliphatic rings. The van der Waals surface area contributed by atoms with Gasteiger partial charge in [-0.05, 0) is 87.8 Å². The van der Waals surface area contributed by atoms with E-state index in [0.29, 0.717) is 12.2 Å². The minimum Gasteiger partial charge on any atom is -0.478 e. The van der Waals surface area contributed by atoms with Crippen molar-refractivity contribution in [2.75, 3.05) is 59.5 Å². The molecule has 13 heteroatoms. The maximum Gasteiger partial charge on any atom is 0.334 e. The Hall–Kier alpha value is -2.33. The van der Waals surface area contributed by atoms with Crippen LogP contribution in [0.5, 0.6) is 5.75 Å². The molecule has 51 heavy (non-hydrogen) atoms. The van der Waals surface area contributed by atoms with Crippen LogP contribution in [0.2, 0.25) is 0 Å². The maximum atomic E-state index is 10.9. The monoisotopic (exact) mass is 729 g/mol. The zero-order valence-electron chi connectivity index (χ0n) is 31.2. The third-order valence-corrected chi connectivity index (χ3v) is 3.75. The second-order valence-corrected chi connectivity index (χ2v) is 7.90. The minimum atomic E-state index is -1.12. The van der Waals surface area contributed by atoms with Gasteiger partial charge in [0.1, 0.15) is 5.75 Å². The first kappa shape index (κ1) is 70.3. The standard InChI is InChI=1S/C20H29O4.9C2H4O/c1-4-5-6-7-8-12-15-20(3,23-16-17(2)19(21)22)24-18-13-10-9-11-14-18;9*1-2-3/h9-11,13-14,16H,3-8,12,15H2,1-2H3,(H,21,22);9*1-2H2. The largest absolute Gasteiger partial charge is 0.478 e. The van der Waals surface area contributed by atoms with Gasteiger partial charge in [0, 0.05) is 13.3 Å². The lowest BCUT2D eigenvalue weighted by Gasteiger charge is -2.30. The number of unbranched alkanes of at least 4 members (excludes halogenated alkanes) is 5. The highest BCUT2D eigenvalue weighted by molar-refractivity contribution is 5.85. The first-order valence-corrected chi connectivity index (χ1v) is 15.7. The molecule has 0 heterocycles. The second kappa shape index (κ2) is 77.2. The van der Waals surface area contributed by atoms with Gasteiger partial charge in [-0.2, -0.15) is 0 Å². The number of aliphatic carboxylic acids is 1. The Morgan fingerprint density at radius 3 is 1.20 bits per heavy atom. The topological polar surface area (TPSA) is 235 Å². The number of carboxylic acids is 1. The molecule has 1 N–H and O–H groups in total. The molecule has 19 radical (unpaired) electrons. The Balaban J connectivity index is -0.0000000758. The van der Waals surface area contributed by atoms with Gasteiger partial charge in [-0.3, -0.25) is 0 Å². The van der Waals surface area contributed by atoms with Crippen molar-refractivity contribution in [3.63, 3.8) is 0 Å². The fraction of sp³-hybridized carbons (Fsp3) is 0.500. The van der Waals surface area contributed by atoms with Gasteiger partial charge in [0.2, 0.25) is 0 Å². The van der Waals surface area contributed by atoms with Crippen LogP contribution in [0.1, 0.15) is 58.8 Å².